The molecule has 0 unspecified atom stereocenters. The molecule has 3 rings (SSSR count). The van der Waals surface area contributed by atoms with Gasteiger partial charge in [-0.15, -0.1) is 0 Å². The molecule has 3 aliphatic rings. The summed E-state index contributed by atoms with van der Waals surface area (Å²) in [6.45, 7) is 0. The van der Waals surface area contributed by atoms with E-state index in [2.05, 4.69) is 10.0 Å². The van der Waals surface area contributed by atoms with Crippen LogP contribution in [0.4, 0.5) is 0 Å². The number of rotatable bonds is 1. The largest absolute Gasteiger partial charge is 0.344 e. The SMILES string of the molecule is [N-]=[N+]=N[C@@H]1C=C[C@@H]2OC3(CCCCC3)O[C@@H]2C1. The molecule has 1 aliphatic heterocycles. The number of nitrogens with zero attached hydrogens (tertiary/aromatic N) is 3. The molecule has 2 fully saturated rings. The first-order valence-electron chi connectivity index (χ1n) is 6.39. The van der Waals surface area contributed by atoms with Crippen LogP contribution in [0.5, 0.6) is 0 Å². The second-order valence-electron chi connectivity index (χ2n) is 5.10. The predicted octanol–water partition coefficient (Wildman–Crippen LogP) is 3.07. The minimum Gasteiger partial charge on any atom is -0.344 e. The van der Waals surface area contributed by atoms with Gasteiger partial charge in [0.15, 0.2) is 5.79 Å². The van der Waals surface area contributed by atoms with E-state index < -0.39 is 0 Å². The molecule has 1 spiro atoms. The van der Waals surface area contributed by atoms with E-state index in [0.717, 1.165) is 19.3 Å². The standard InChI is InChI=1S/C12H17N3O2/c13-15-14-9-4-5-10-11(8-9)17-12(16-10)6-2-1-3-7-12/h4-5,9-11H,1-3,6-8H2/t9-,10+,11-/m1/s1. The summed E-state index contributed by atoms with van der Waals surface area (Å²) < 4.78 is 12.2. The third-order valence-corrected chi connectivity index (χ3v) is 3.90. The highest BCUT2D eigenvalue weighted by Crippen LogP contribution is 2.43. The Bertz CT molecular complexity index is 370. The van der Waals surface area contributed by atoms with E-state index in [9.17, 15) is 0 Å². The first-order valence-corrected chi connectivity index (χ1v) is 6.39. The van der Waals surface area contributed by atoms with E-state index in [1.54, 1.807) is 0 Å². The van der Waals surface area contributed by atoms with Crippen molar-refractivity contribution < 1.29 is 9.47 Å². The molecule has 3 atom stereocenters. The van der Waals surface area contributed by atoms with Gasteiger partial charge in [0.05, 0.1) is 12.1 Å². The molecule has 1 saturated heterocycles. The van der Waals surface area contributed by atoms with Gasteiger partial charge in [0.25, 0.3) is 0 Å². The van der Waals surface area contributed by atoms with Gasteiger partial charge < -0.3 is 9.47 Å². The lowest BCUT2D eigenvalue weighted by atomic mass is 9.94. The quantitative estimate of drug-likeness (QED) is 0.303. The van der Waals surface area contributed by atoms with Crippen LogP contribution in [-0.2, 0) is 9.47 Å². The van der Waals surface area contributed by atoms with Crippen molar-refractivity contribution in [3.63, 3.8) is 0 Å². The lowest BCUT2D eigenvalue weighted by molar-refractivity contribution is -0.191. The zero-order valence-corrected chi connectivity index (χ0v) is 9.79. The van der Waals surface area contributed by atoms with Crippen LogP contribution in [0.3, 0.4) is 0 Å². The first-order chi connectivity index (χ1) is 8.31. The summed E-state index contributed by atoms with van der Waals surface area (Å²) >= 11 is 0. The summed E-state index contributed by atoms with van der Waals surface area (Å²) in [5.41, 5.74) is 8.45. The van der Waals surface area contributed by atoms with Crippen molar-refractivity contribution in [1.29, 1.82) is 0 Å². The van der Waals surface area contributed by atoms with Crippen molar-refractivity contribution >= 4 is 0 Å². The highest BCUT2D eigenvalue weighted by atomic mass is 16.8. The van der Waals surface area contributed by atoms with Gasteiger partial charge in [-0.2, -0.15) is 0 Å². The van der Waals surface area contributed by atoms with Crippen molar-refractivity contribution in [2.75, 3.05) is 0 Å². The van der Waals surface area contributed by atoms with Crippen LogP contribution in [0.15, 0.2) is 17.3 Å². The summed E-state index contributed by atoms with van der Waals surface area (Å²) in [5.74, 6) is -0.344. The maximum absolute atomic E-state index is 8.45. The normalized spacial score (nSPS) is 38.7. The van der Waals surface area contributed by atoms with Gasteiger partial charge in [0.1, 0.15) is 6.10 Å². The molecule has 0 radical (unpaired) electrons. The summed E-state index contributed by atoms with van der Waals surface area (Å²) in [4.78, 5) is 2.85. The third kappa shape index (κ3) is 2.06. The maximum Gasteiger partial charge on any atom is 0.169 e. The Balaban J connectivity index is 1.72. The molecule has 5 nitrogen and oxygen atoms in total. The maximum atomic E-state index is 8.45. The summed E-state index contributed by atoms with van der Waals surface area (Å²) in [5, 5.41) is 3.74. The van der Waals surface area contributed by atoms with E-state index in [4.69, 9.17) is 15.0 Å². The topological polar surface area (TPSA) is 67.2 Å². The molecule has 17 heavy (non-hydrogen) atoms. The zero-order chi connectivity index (χ0) is 11.7. The summed E-state index contributed by atoms with van der Waals surface area (Å²) in [6.07, 6.45) is 10.4. The fraction of sp³-hybridized carbons (Fsp3) is 0.833. The zero-order valence-electron chi connectivity index (χ0n) is 9.79. The third-order valence-electron chi connectivity index (χ3n) is 3.90. The first kappa shape index (κ1) is 11.1. The highest BCUT2D eigenvalue weighted by Gasteiger charge is 2.48. The molecule has 0 N–H and O–H groups in total. The molecule has 5 heteroatoms. The Morgan fingerprint density at radius 3 is 2.76 bits per heavy atom. The molecule has 0 aromatic heterocycles. The van der Waals surface area contributed by atoms with Gasteiger partial charge in [0.2, 0.25) is 0 Å². The molecule has 1 heterocycles. The molecule has 0 aromatic carbocycles. The van der Waals surface area contributed by atoms with Crippen molar-refractivity contribution in [1.82, 2.24) is 0 Å². The lowest BCUT2D eigenvalue weighted by Crippen LogP contribution is -2.33. The van der Waals surface area contributed by atoms with Crippen LogP contribution in [0, 0.1) is 0 Å². The second kappa shape index (κ2) is 4.33. The molecule has 0 bridgehead atoms. The molecular formula is C12H17N3O2. The number of hydrogen-bond acceptors (Lipinski definition) is 3. The number of hydrogen-bond donors (Lipinski definition) is 0. The molecule has 92 valence electrons. The van der Waals surface area contributed by atoms with Crippen LogP contribution in [-0.4, -0.2) is 24.0 Å². The van der Waals surface area contributed by atoms with Crippen LogP contribution in [0.25, 0.3) is 10.4 Å². The Hall–Kier alpha value is -1.03. The Morgan fingerprint density at radius 1 is 1.18 bits per heavy atom. The van der Waals surface area contributed by atoms with E-state index in [-0.39, 0.29) is 24.0 Å². The molecule has 0 amide bonds. The average Bonchev–Trinajstić information content (AvgIpc) is 2.67. The number of azide groups is 1. The number of fused-ring (bicyclic) bond motifs is 1. The van der Waals surface area contributed by atoms with E-state index in [1.807, 2.05) is 12.2 Å². The van der Waals surface area contributed by atoms with E-state index in [1.165, 1.54) is 19.3 Å². The number of ether oxygens (including phenoxy) is 2. The minimum atomic E-state index is -0.344. The van der Waals surface area contributed by atoms with Crippen molar-refractivity contribution in [3.05, 3.63) is 22.6 Å². The predicted molar refractivity (Wildman–Crippen MR) is 62.3 cm³/mol. The fourth-order valence-corrected chi connectivity index (χ4v) is 3.07. The Morgan fingerprint density at radius 2 is 2.00 bits per heavy atom. The summed E-state index contributed by atoms with van der Waals surface area (Å²) in [6, 6.07) is -0.0800. The molecular weight excluding hydrogens is 218 g/mol. The van der Waals surface area contributed by atoms with Crippen molar-refractivity contribution in [3.8, 4) is 0 Å². The van der Waals surface area contributed by atoms with E-state index >= 15 is 0 Å². The lowest BCUT2D eigenvalue weighted by Gasteiger charge is -2.31. The highest BCUT2D eigenvalue weighted by molar-refractivity contribution is 5.10. The van der Waals surface area contributed by atoms with Gasteiger partial charge in [-0.1, -0.05) is 23.7 Å². The molecule has 2 aliphatic carbocycles. The van der Waals surface area contributed by atoms with Crippen molar-refractivity contribution in [2.24, 2.45) is 5.11 Å². The van der Waals surface area contributed by atoms with Crippen LogP contribution < -0.4 is 0 Å². The Kier molecular flexibility index (Phi) is 2.82. The van der Waals surface area contributed by atoms with Gasteiger partial charge in [-0.25, -0.2) is 0 Å². The Labute approximate surface area is 100 Å². The van der Waals surface area contributed by atoms with Crippen LogP contribution in [0.1, 0.15) is 38.5 Å². The van der Waals surface area contributed by atoms with Gasteiger partial charge in [-0.3, -0.25) is 0 Å². The second-order valence-corrected chi connectivity index (χ2v) is 5.10. The fourth-order valence-electron chi connectivity index (χ4n) is 3.07. The summed E-state index contributed by atoms with van der Waals surface area (Å²) in [7, 11) is 0. The smallest absolute Gasteiger partial charge is 0.169 e. The van der Waals surface area contributed by atoms with Gasteiger partial charge >= 0.3 is 0 Å². The average molecular weight is 235 g/mol. The van der Waals surface area contributed by atoms with Gasteiger partial charge in [-0.05, 0) is 24.8 Å². The molecule has 0 aromatic rings. The van der Waals surface area contributed by atoms with Crippen LogP contribution in [0.2, 0.25) is 0 Å². The van der Waals surface area contributed by atoms with E-state index in [0.29, 0.717) is 0 Å². The monoisotopic (exact) mass is 235 g/mol. The van der Waals surface area contributed by atoms with Crippen molar-refractivity contribution in [2.45, 2.75) is 62.6 Å². The van der Waals surface area contributed by atoms with Gasteiger partial charge in [0, 0.05) is 17.8 Å². The van der Waals surface area contributed by atoms with Crippen LogP contribution >= 0.6 is 0 Å². The molecule has 1 saturated carbocycles. The minimum absolute atomic E-state index is 0.0539.